The zero-order chi connectivity index (χ0) is 12.4. The van der Waals surface area contributed by atoms with Crippen LogP contribution in [0.2, 0.25) is 0 Å². The van der Waals surface area contributed by atoms with Gasteiger partial charge in [-0.1, -0.05) is 0 Å². The van der Waals surface area contributed by atoms with E-state index in [2.05, 4.69) is 0 Å². The molecule has 0 bridgehead atoms. The van der Waals surface area contributed by atoms with Gasteiger partial charge in [-0.05, 0) is 12.1 Å². The van der Waals surface area contributed by atoms with Crippen molar-refractivity contribution >= 4 is 17.9 Å². The van der Waals surface area contributed by atoms with Gasteiger partial charge in [0.05, 0.1) is 6.08 Å². The zero-order valence-electron chi connectivity index (χ0n) is 10.6. The van der Waals surface area contributed by atoms with E-state index in [-0.39, 0.29) is 0 Å². The summed E-state index contributed by atoms with van der Waals surface area (Å²) in [6, 6.07) is 3.86. The number of anilines is 1. The maximum atomic E-state index is 5.62. The third-order valence-corrected chi connectivity index (χ3v) is 2.39. The van der Waals surface area contributed by atoms with Crippen LogP contribution in [-0.4, -0.2) is 38.7 Å². The third-order valence-electron chi connectivity index (χ3n) is 2.39. The molecule has 0 N–H and O–H groups in total. The van der Waals surface area contributed by atoms with Gasteiger partial charge in [0, 0.05) is 26.2 Å². The van der Waals surface area contributed by atoms with Crippen molar-refractivity contribution in [2.24, 2.45) is 0 Å². The van der Waals surface area contributed by atoms with Gasteiger partial charge in [0.15, 0.2) is 5.88 Å². The highest BCUT2D eigenvalue weighted by Crippen LogP contribution is 2.20. The Morgan fingerprint density at radius 1 is 1.18 bits per heavy atom. The summed E-state index contributed by atoms with van der Waals surface area (Å²) >= 11 is 0. The van der Waals surface area contributed by atoms with Gasteiger partial charge in [0.2, 0.25) is 0 Å². The van der Waals surface area contributed by atoms with Gasteiger partial charge in [0.1, 0.15) is 25.6 Å². The van der Waals surface area contributed by atoms with Gasteiger partial charge in [-0.25, -0.2) is 4.58 Å². The molecular formula is C13H17N2O2+. The first-order valence-corrected chi connectivity index (χ1v) is 5.45. The minimum atomic E-state index is 0.786. The lowest BCUT2D eigenvalue weighted by atomic mass is 10.3. The molecule has 0 radical (unpaired) electrons. The summed E-state index contributed by atoms with van der Waals surface area (Å²) in [5, 5.41) is 0. The molecular weight excluding hydrogens is 216 g/mol. The van der Waals surface area contributed by atoms with Gasteiger partial charge < -0.3 is 14.1 Å². The van der Waals surface area contributed by atoms with Crippen LogP contribution in [0.5, 0.6) is 0 Å². The van der Waals surface area contributed by atoms with Crippen LogP contribution in [0, 0.1) is 0 Å². The van der Waals surface area contributed by atoms with Crippen LogP contribution >= 0.6 is 0 Å². The fraction of sp³-hybridized carbons (Fsp3) is 0.308. The quantitative estimate of drug-likeness (QED) is 0.731. The van der Waals surface area contributed by atoms with Crippen LogP contribution in [-0.2, 0) is 4.74 Å². The predicted octanol–water partition coefficient (Wildman–Crippen LogP) is 1.94. The summed E-state index contributed by atoms with van der Waals surface area (Å²) in [4.78, 5) is 1.92. The van der Waals surface area contributed by atoms with Crippen molar-refractivity contribution in [3.05, 3.63) is 35.8 Å². The highest BCUT2D eigenvalue weighted by Gasteiger charge is 2.15. The standard InChI is InChI=1S/C13H17N2O2/c1-14(2)12-7-5-10(16-12)9-11-6-8-13(17-11)15(3)4/h5-9H,1-4H3/q+1. The van der Waals surface area contributed by atoms with Crippen LogP contribution in [0.4, 0.5) is 5.88 Å². The number of furan rings is 1. The van der Waals surface area contributed by atoms with Crippen molar-refractivity contribution in [2.75, 3.05) is 33.1 Å². The van der Waals surface area contributed by atoms with E-state index in [1.165, 1.54) is 0 Å². The lowest BCUT2D eigenvalue weighted by Gasteiger charge is -2.05. The Bertz CT molecular complexity index is 503. The first-order valence-electron chi connectivity index (χ1n) is 5.45. The second-order valence-corrected chi connectivity index (χ2v) is 4.29. The van der Waals surface area contributed by atoms with Crippen LogP contribution in [0.25, 0.3) is 6.08 Å². The molecule has 90 valence electrons. The molecule has 0 saturated heterocycles. The van der Waals surface area contributed by atoms with Gasteiger partial charge in [0.25, 0.3) is 0 Å². The fourth-order valence-corrected chi connectivity index (χ4v) is 1.46. The first kappa shape index (κ1) is 11.5. The summed E-state index contributed by atoms with van der Waals surface area (Å²) < 4.78 is 13.2. The average Bonchev–Trinajstić information content (AvgIpc) is 2.87. The molecule has 1 aliphatic rings. The van der Waals surface area contributed by atoms with E-state index in [1.54, 1.807) is 0 Å². The first-order chi connectivity index (χ1) is 8.06. The van der Waals surface area contributed by atoms with Crippen molar-refractivity contribution in [1.82, 2.24) is 0 Å². The molecule has 0 atom stereocenters. The maximum Gasteiger partial charge on any atom is 0.367 e. The fourth-order valence-electron chi connectivity index (χ4n) is 1.46. The summed E-state index contributed by atoms with van der Waals surface area (Å²) in [7, 11) is 7.78. The Morgan fingerprint density at radius 2 is 1.94 bits per heavy atom. The van der Waals surface area contributed by atoms with Gasteiger partial charge in [-0.15, -0.1) is 0 Å². The molecule has 0 aliphatic carbocycles. The lowest BCUT2D eigenvalue weighted by molar-refractivity contribution is -0.472. The van der Waals surface area contributed by atoms with E-state index in [0.29, 0.717) is 0 Å². The Kier molecular flexibility index (Phi) is 3.04. The van der Waals surface area contributed by atoms with Crippen molar-refractivity contribution in [3.8, 4) is 0 Å². The largest absolute Gasteiger partial charge is 0.441 e. The molecule has 0 unspecified atom stereocenters. The summed E-state index contributed by atoms with van der Waals surface area (Å²) in [6.07, 6.45) is 5.73. The normalized spacial score (nSPS) is 16.5. The monoisotopic (exact) mass is 233 g/mol. The Morgan fingerprint density at radius 3 is 2.47 bits per heavy atom. The number of ether oxygens (including phenoxy) is 1. The number of rotatable bonds is 2. The minimum absolute atomic E-state index is 0.786. The van der Waals surface area contributed by atoms with E-state index in [9.17, 15) is 0 Å². The topological polar surface area (TPSA) is 28.6 Å². The Labute approximate surface area is 101 Å². The summed E-state index contributed by atoms with van der Waals surface area (Å²) in [5.74, 6) is 3.23. The molecule has 0 spiro atoms. The Balaban J connectivity index is 2.16. The molecule has 0 fully saturated rings. The minimum Gasteiger partial charge on any atom is -0.441 e. The highest BCUT2D eigenvalue weighted by molar-refractivity contribution is 5.88. The number of nitrogens with zero attached hydrogens (tertiary/aromatic N) is 2. The van der Waals surface area contributed by atoms with Crippen molar-refractivity contribution in [2.45, 2.75) is 0 Å². The molecule has 4 nitrogen and oxygen atoms in total. The maximum absolute atomic E-state index is 5.62. The summed E-state index contributed by atoms with van der Waals surface area (Å²) in [5.41, 5.74) is 0. The summed E-state index contributed by atoms with van der Waals surface area (Å²) in [6.45, 7) is 0. The number of allylic oxidation sites excluding steroid dienone is 1. The average molecular weight is 233 g/mol. The molecule has 1 aromatic rings. The van der Waals surface area contributed by atoms with Crippen molar-refractivity contribution in [1.29, 1.82) is 0 Å². The second-order valence-electron chi connectivity index (χ2n) is 4.29. The molecule has 1 aromatic heterocycles. The molecule has 17 heavy (non-hydrogen) atoms. The molecule has 0 saturated carbocycles. The zero-order valence-corrected chi connectivity index (χ0v) is 10.6. The molecule has 4 heteroatoms. The third kappa shape index (κ3) is 2.58. The van der Waals surface area contributed by atoms with Crippen LogP contribution in [0.1, 0.15) is 5.76 Å². The second kappa shape index (κ2) is 4.49. The number of hydrogen-bond acceptors (Lipinski definition) is 3. The van der Waals surface area contributed by atoms with E-state index in [4.69, 9.17) is 9.15 Å². The van der Waals surface area contributed by atoms with E-state index < -0.39 is 0 Å². The number of hydrogen-bond donors (Lipinski definition) is 0. The van der Waals surface area contributed by atoms with Crippen LogP contribution < -0.4 is 4.90 Å². The van der Waals surface area contributed by atoms with Gasteiger partial charge >= 0.3 is 5.90 Å². The van der Waals surface area contributed by atoms with Gasteiger partial charge in [-0.3, -0.25) is 0 Å². The van der Waals surface area contributed by atoms with Gasteiger partial charge in [-0.2, -0.15) is 0 Å². The molecule has 2 heterocycles. The Hall–Kier alpha value is -1.97. The van der Waals surface area contributed by atoms with E-state index >= 15 is 0 Å². The van der Waals surface area contributed by atoms with Crippen LogP contribution in [0.15, 0.2) is 34.5 Å². The van der Waals surface area contributed by atoms with E-state index in [1.807, 2.05) is 68.0 Å². The SMILES string of the molecule is CN(C)c1ccc(/C=C2\C=CC(=[N+](C)C)O2)o1. The molecule has 2 rings (SSSR count). The lowest BCUT2D eigenvalue weighted by Crippen LogP contribution is -2.10. The van der Waals surface area contributed by atoms with Crippen molar-refractivity contribution in [3.63, 3.8) is 0 Å². The van der Waals surface area contributed by atoms with Crippen molar-refractivity contribution < 1.29 is 13.7 Å². The van der Waals surface area contributed by atoms with Crippen LogP contribution in [0.3, 0.4) is 0 Å². The smallest absolute Gasteiger partial charge is 0.367 e. The molecule has 1 aliphatic heterocycles. The highest BCUT2D eigenvalue weighted by atomic mass is 16.5. The van der Waals surface area contributed by atoms with E-state index in [0.717, 1.165) is 23.3 Å². The molecule has 0 aromatic carbocycles. The molecule has 0 amide bonds. The predicted molar refractivity (Wildman–Crippen MR) is 68.4 cm³/mol.